The van der Waals surface area contributed by atoms with Crippen molar-refractivity contribution in [2.24, 2.45) is 0 Å². The Hall–Kier alpha value is -1.99. The number of benzene rings is 1. The van der Waals surface area contributed by atoms with Crippen molar-refractivity contribution in [2.75, 3.05) is 46.3 Å². The third-order valence-corrected chi connectivity index (χ3v) is 5.35. The minimum atomic E-state index is -0.463. The van der Waals surface area contributed by atoms with Gasteiger partial charge in [-0.05, 0) is 32.5 Å². The van der Waals surface area contributed by atoms with Crippen LogP contribution in [0.2, 0.25) is 0 Å². The molecule has 25 heavy (non-hydrogen) atoms. The average molecular weight is 346 g/mol. The number of non-ortho nitro benzene ring substituents is 1. The van der Waals surface area contributed by atoms with Gasteiger partial charge in [-0.25, -0.2) is 0 Å². The zero-order valence-electron chi connectivity index (χ0n) is 14.8. The topological polar surface area (TPSA) is 69.9 Å². The monoisotopic (exact) mass is 346 g/mol. The number of amides is 1. The van der Waals surface area contributed by atoms with Gasteiger partial charge in [-0.2, -0.15) is 0 Å². The molecule has 1 atom stereocenters. The van der Waals surface area contributed by atoms with Gasteiger partial charge in [-0.1, -0.05) is 12.5 Å². The molecule has 0 aromatic heterocycles. The van der Waals surface area contributed by atoms with Gasteiger partial charge in [0.25, 0.3) is 11.6 Å². The Morgan fingerprint density at radius 3 is 2.64 bits per heavy atom. The van der Waals surface area contributed by atoms with Crippen LogP contribution in [-0.4, -0.2) is 77.9 Å². The molecule has 0 spiro atoms. The summed E-state index contributed by atoms with van der Waals surface area (Å²) in [5.41, 5.74) is 0.361. The molecule has 1 amide bonds. The first kappa shape index (κ1) is 17.8. The van der Waals surface area contributed by atoms with Crippen molar-refractivity contribution in [1.82, 2.24) is 14.7 Å². The summed E-state index contributed by atoms with van der Waals surface area (Å²) in [5, 5.41) is 10.9. The minimum absolute atomic E-state index is 0.0372. The minimum Gasteiger partial charge on any atom is -0.336 e. The van der Waals surface area contributed by atoms with Crippen molar-refractivity contribution in [3.8, 4) is 0 Å². The van der Waals surface area contributed by atoms with Crippen LogP contribution in [0.15, 0.2) is 24.3 Å². The van der Waals surface area contributed by atoms with Crippen LogP contribution in [0.25, 0.3) is 0 Å². The fraction of sp³-hybridized carbons (Fsp3) is 0.611. The van der Waals surface area contributed by atoms with Crippen LogP contribution in [0, 0.1) is 10.1 Å². The number of nitro groups is 1. The van der Waals surface area contributed by atoms with E-state index < -0.39 is 4.92 Å². The highest BCUT2D eigenvalue weighted by Gasteiger charge is 2.26. The Morgan fingerprint density at radius 2 is 1.96 bits per heavy atom. The molecule has 3 rings (SSSR count). The Labute approximate surface area is 148 Å². The lowest BCUT2D eigenvalue weighted by Crippen LogP contribution is -2.53. The van der Waals surface area contributed by atoms with Crippen molar-refractivity contribution in [1.29, 1.82) is 0 Å². The molecule has 2 fully saturated rings. The van der Waals surface area contributed by atoms with Crippen LogP contribution >= 0.6 is 0 Å². The Balaban J connectivity index is 1.54. The average Bonchev–Trinajstić information content (AvgIpc) is 2.64. The standard InChI is InChI=1S/C18H26N4O3/c1-19-8-3-2-6-17(19)14-20-9-11-21(12-10-20)18(23)15-5-4-7-16(13-15)22(24)25/h4-5,7,13,17H,2-3,6,8-12,14H2,1H3. The molecule has 2 aliphatic rings. The summed E-state index contributed by atoms with van der Waals surface area (Å²) >= 11 is 0. The number of carbonyl (C=O) groups excluding carboxylic acids is 1. The van der Waals surface area contributed by atoms with Crippen LogP contribution in [-0.2, 0) is 0 Å². The third-order valence-electron chi connectivity index (χ3n) is 5.35. The summed E-state index contributed by atoms with van der Waals surface area (Å²) in [5.74, 6) is -0.113. The largest absolute Gasteiger partial charge is 0.336 e. The second kappa shape index (κ2) is 7.93. The summed E-state index contributed by atoms with van der Waals surface area (Å²) in [7, 11) is 2.20. The van der Waals surface area contributed by atoms with Gasteiger partial charge < -0.3 is 9.80 Å². The number of nitrogens with zero attached hydrogens (tertiary/aromatic N) is 4. The van der Waals surface area contributed by atoms with E-state index in [9.17, 15) is 14.9 Å². The van der Waals surface area contributed by atoms with Gasteiger partial charge in [-0.15, -0.1) is 0 Å². The molecule has 0 bridgehead atoms. The molecule has 1 aromatic carbocycles. The lowest BCUT2D eigenvalue weighted by molar-refractivity contribution is -0.384. The Bertz CT molecular complexity index is 629. The molecule has 2 heterocycles. The highest BCUT2D eigenvalue weighted by atomic mass is 16.6. The Kier molecular flexibility index (Phi) is 5.65. The number of piperazine rings is 1. The second-order valence-electron chi connectivity index (χ2n) is 7.03. The van der Waals surface area contributed by atoms with Gasteiger partial charge in [0.2, 0.25) is 0 Å². The fourth-order valence-electron chi connectivity index (χ4n) is 3.74. The van der Waals surface area contributed by atoms with Gasteiger partial charge in [0.1, 0.15) is 0 Å². The van der Waals surface area contributed by atoms with Crippen LogP contribution in [0.5, 0.6) is 0 Å². The lowest BCUT2D eigenvalue weighted by atomic mass is 10.0. The Morgan fingerprint density at radius 1 is 1.20 bits per heavy atom. The van der Waals surface area contributed by atoms with Crippen molar-refractivity contribution in [3.05, 3.63) is 39.9 Å². The summed E-state index contributed by atoms with van der Waals surface area (Å²) in [6, 6.07) is 6.62. The SMILES string of the molecule is CN1CCCCC1CN1CCN(C(=O)c2cccc([N+](=O)[O-])c2)CC1. The maximum absolute atomic E-state index is 12.6. The molecule has 0 radical (unpaired) electrons. The zero-order chi connectivity index (χ0) is 17.8. The molecule has 7 nitrogen and oxygen atoms in total. The van der Waals surface area contributed by atoms with Crippen molar-refractivity contribution < 1.29 is 9.72 Å². The molecule has 7 heteroatoms. The van der Waals surface area contributed by atoms with E-state index in [2.05, 4.69) is 16.8 Å². The van der Waals surface area contributed by atoms with E-state index in [-0.39, 0.29) is 11.6 Å². The van der Waals surface area contributed by atoms with Crippen LogP contribution < -0.4 is 0 Å². The number of hydrogen-bond donors (Lipinski definition) is 0. The van der Waals surface area contributed by atoms with Gasteiger partial charge in [0, 0.05) is 56.5 Å². The molecular formula is C18H26N4O3. The third kappa shape index (κ3) is 4.35. The van der Waals surface area contributed by atoms with Gasteiger partial charge in [0.15, 0.2) is 0 Å². The number of carbonyl (C=O) groups is 1. The van der Waals surface area contributed by atoms with E-state index >= 15 is 0 Å². The zero-order valence-corrected chi connectivity index (χ0v) is 14.8. The summed E-state index contributed by atoms with van der Waals surface area (Å²) in [6.45, 7) is 5.33. The number of likely N-dealkylation sites (tertiary alicyclic amines) is 1. The first-order valence-corrected chi connectivity index (χ1v) is 9.01. The molecule has 0 N–H and O–H groups in total. The number of hydrogen-bond acceptors (Lipinski definition) is 5. The predicted octanol–water partition coefficient (Wildman–Crippen LogP) is 1.84. The first-order chi connectivity index (χ1) is 12.0. The highest BCUT2D eigenvalue weighted by Crippen LogP contribution is 2.18. The molecule has 1 unspecified atom stereocenters. The van der Waals surface area contributed by atoms with Crippen molar-refractivity contribution >= 4 is 11.6 Å². The van der Waals surface area contributed by atoms with Gasteiger partial charge in [-0.3, -0.25) is 19.8 Å². The van der Waals surface area contributed by atoms with Crippen LogP contribution in [0.1, 0.15) is 29.6 Å². The molecule has 1 aromatic rings. The van der Waals surface area contributed by atoms with Crippen molar-refractivity contribution in [3.63, 3.8) is 0 Å². The van der Waals surface area contributed by atoms with E-state index in [4.69, 9.17) is 0 Å². The normalized spacial score (nSPS) is 22.8. The molecule has 136 valence electrons. The smallest absolute Gasteiger partial charge is 0.270 e. The maximum atomic E-state index is 12.6. The highest BCUT2D eigenvalue weighted by molar-refractivity contribution is 5.94. The fourth-order valence-corrected chi connectivity index (χ4v) is 3.74. The summed E-state index contributed by atoms with van der Waals surface area (Å²) in [4.78, 5) is 29.7. The van der Waals surface area contributed by atoms with E-state index in [1.807, 2.05) is 0 Å². The molecule has 2 aliphatic heterocycles. The van der Waals surface area contributed by atoms with E-state index in [0.29, 0.717) is 24.7 Å². The van der Waals surface area contributed by atoms with E-state index in [1.54, 1.807) is 17.0 Å². The molecule has 0 saturated carbocycles. The second-order valence-corrected chi connectivity index (χ2v) is 7.03. The molecule has 0 aliphatic carbocycles. The van der Waals surface area contributed by atoms with Crippen LogP contribution in [0.3, 0.4) is 0 Å². The molecule has 2 saturated heterocycles. The number of piperidine rings is 1. The lowest BCUT2D eigenvalue weighted by Gasteiger charge is -2.40. The number of rotatable bonds is 4. The van der Waals surface area contributed by atoms with E-state index in [0.717, 1.165) is 19.6 Å². The summed E-state index contributed by atoms with van der Waals surface area (Å²) < 4.78 is 0. The van der Waals surface area contributed by atoms with Crippen molar-refractivity contribution in [2.45, 2.75) is 25.3 Å². The van der Waals surface area contributed by atoms with E-state index in [1.165, 1.54) is 37.9 Å². The molecular weight excluding hydrogens is 320 g/mol. The predicted molar refractivity (Wildman–Crippen MR) is 95.7 cm³/mol. The van der Waals surface area contributed by atoms with Crippen LogP contribution in [0.4, 0.5) is 5.69 Å². The number of likely N-dealkylation sites (N-methyl/N-ethyl adjacent to an activating group) is 1. The van der Waals surface area contributed by atoms with Gasteiger partial charge in [0.05, 0.1) is 4.92 Å². The summed E-state index contributed by atoms with van der Waals surface area (Å²) in [6.07, 6.45) is 3.85. The first-order valence-electron chi connectivity index (χ1n) is 9.01. The number of nitro benzene ring substituents is 1. The maximum Gasteiger partial charge on any atom is 0.270 e. The quantitative estimate of drug-likeness (QED) is 0.614. The van der Waals surface area contributed by atoms with Gasteiger partial charge >= 0.3 is 0 Å².